The predicted octanol–water partition coefficient (Wildman–Crippen LogP) is 1.30. The number of rotatable bonds is 4. The molecule has 1 atom stereocenters. The van der Waals surface area contributed by atoms with Crippen molar-refractivity contribution < 1.29 is 22.4 Å². The minimum atomic E-state index is -4.66. The van der Waals surface area contributed by atoms with Crippen LogP contribution in [-0.2, 0) is 16.5 Å². The highest BCUT2D eigenvalue weighted by Crippen LogP contribution is 2.29. The van der Waals surface area contributed by atoms with Gasteiger partial charge in [-0.15, -0.1) is 0 Å². The molecule has 2 N–H and O–H groups in total. The summed E-state index contributed by atoms with van der Waals surface area (Å²) in [5.41, 5.74) is 4.64. The molecule has 0 fully saturated rings. The van der Waals surface area contributed by atoms with Gasteiger partial charge in [0, 0.05) is 7.11 Å². The number of hydrogen-bond acceptors (Lipinski definition) is 5. The number of nitrogens with two attached hydrogens (primary N) is 1. The van der Waals surface area contributed by atoms with Gasteiger partial charge in [-0.25, -0.2) is 0 Å². The highest BCUT2D eigenvalue weighted by molar-refractivity contribution is 5.04. The molecule has 1 rings (SSSR count). The lowest BCUT2D eigenvalue weighted by molar-refractivity contribution is -0.159. The minimum Gasteiger partial charge on any atom is -0.382 e. The third-order valence-corrected chi connectivity index (χ3v) is 2.15. The predicted molar refractivity (Wildman–Crippen MR) is 47.3 cm³/mol. The Kier molecular flexibility index (Phi) is 3.54. The van der Waals surface area contributed by atoms with Crippen molar-refractivity contribution in [2.75, 3.05) is 13.7 Å². The number of hydrogen-bond donors (Lipinski definition) is 1. The molecule has 1 aromatic rings. The lowest BCUT2D eigenvalue weighted by Crippen LogP contribution is -2.41. The molecule has 0 aliphatic carbocycles. The first-order valence-corrected chi connectivity index (χ1v) is 4.52. The Hall–Kier alpha value is -1.15. The molecule has 0 aromatic carbocycles. The quantitative estimate of drug-likeness (QED) is 0.857. The second-order valence-electron chi connectivity index (χ2n) is 3.36. The SMILES string of the molecule is CCC(N)(COC)c1noc(C(F)(F)F)n1. The fraction of sp³-hybridized carbons (Fsp3) is 0.750. The monoisotopic (exact) mass is 239 g/mol. The van der Waals surface area contributed by atoms with E-state index in [2.05, 4.69) is 14.7 Å². The largest absolute Gasteiger partial charge is 0.471 e. The van der Waals surface area contributed by atoms with E-state index in [-0.39, 0.29) is 12.4 Å². The summed E-state index contributed by atoms with van der Waals surface area (Å²) in [6.07, 6.45) is -4.33. The van der Waals surface area contributed by atoms with Crippen LogP contribution in [0.2, 0.25) is 0 Å². The van der Waals surface area contributed by atoms with Crippen LogP contribution in [0.4, 0.5) is 13.2 Å². The molecule has 0 aliphatic heterocycles. The van der Waals surface area contributed by atoms with E-state index >= 15 is 0 Å². The van der Waals surface area contributed by atoms with Gasteiger partial charge in [0.05, 0.1) is 6.61 Å². The van der Waals surface area contributed by atoms with Crippen LogP contribution in [0.1, 0.15) is 25.1 Å². The lowest BCUT2D eigenvalue weighted by atomic mass is 9.98. The van der Waals surface area contributed by atoms with Crippen molar-refractivity contribution in [3.63, 3.8) is 0 Å². The van der Waals surface area contributed by atoms with Crippen molar-refractivity contribution >= 4 is 0 Å². The molecule has 1 heterocycles. The Bertz CT molecular complexity index is 353. The van der Waals surface area contributed by atoms with E-state index in [4.69, 9.17) is 10.5 Å². The van der Waals surface area contributed by atoms with Gasteiger partial charge in [0.2, 0.25) is 0 Å². The van der Waals surface area contributed by atoms with Crippen LogP contribution in [-0.4, -0.2) is 23.9 Å². The summed E-state index contributed by atoms with van der Waals surface area (Å²) in [7, 11) is 1.39. The van der Waals surface area contributed by atoms with Crippen molar-refractivity contribution in [1.29, 1.82) is 0 Å². The van der Waals surface area contributed by atoms with Crippen molar-refractivity contribution in [2.45, 2.75) is 25.1 Å². The summed E-state index contributed by atoms with van der Waals surface area (Å²) in [6, 6.07) is 0. The highest BCUT2D eigenvalue weighted by atomic mass is 19.4. The maximum absolute atomic E-state index is 12.2. The summed E-state index contributed by atoms with van der Waals surface area (Å²) < 4.78 is 45.6. The maximum atomic E-state index is 12.2. The molecular weight excluding hydrogens is 227 g/mol. The zero-order valence-electron chi connectivity index (χ0n) is 8.84. The Morgan fingerprint density at radius 3 is 2.44 bits per heavy atom. The maximum Gasteiger partial charge on any atom is 0.471 e. The van der Waals surface area contributed by atoms with E-state index < -0.39 is 17.6 Å². The molecule has 0 amide bonds. The Balaban J connectivity index is 3.00. The summed E-state index contributed by atoms with van der Waals surface area (Å²) in [4.78, 5) is 3.24. The second kappa shape index (κ2) is 4.38. The third-order valence-electron chi connectivity index (χ3n) is 2.15. The topological polar surface area (TPSA) is 74.2 Å². The number of methoxy groups -OCH3 is 1. The number of ether oxygens (including phenoxy) is 1. The van der Waals surface area contributed by atoms with E-state index in [1.807, 2.05) is 0 Å². The zero-order chi connectivity index (χ0) is 12.4. The van der Waals surface area contributed by atoms with Crippen LogP contribution in [0.15, 0.2) is 4.52 Å². The van der Waals surface area contributed by atoms with Gasteiger partial charge in [0.15, 0.2) is 5.82 Å². The summed E-state index contributed by atoms with van der Waals surface area (Å²) in [5.74, 6) is -1.61. The molecule has 5 nitrogen and oxygen atoms in total. The first-order chi connectivity index (χ1) is 7.33. The Morgan fingerprint density at radius 1 is 1.44 bits per heavy atom. The van der Waals surface area contributed by atoms with Crippen LogP contribution in [0, 0.1) is 0 Å². The second-order valence-corrected chi connectivity index (χ2v) is 3.36. The zero-order valence-corrected chi connectivity index (χ0v) is 8.84. The molecule has 0 bridgehead atoms. The van der Waals surface area contributed by atoms with Gasteiger partial charge in [-0.3, -0.25) is 0 Å². The fourth-order valence-corrected chi connectivity index (χ4v) is 1.12. The van der Waals surface area contributed by atoms with E-state index in [0.29, 0.717) is 6.42 Å². The molecule has 0 radical (unpaired) electrons. The number of aromatic nitrogens is 2. The summed E-state index contributed by atoms with van der Waals surface area (Å²) in [5, 5.41) is 3.23. The normalized spacial score (nSPS) is 16.1. The van der Waals surface area contributed by atoms with Gasteiger partial charge in [-0.1, -0.05) is 12.1 Å². The molecule has 0 aliphatic rings. The van der Waals surface area contributed by atoms with E-state index in [1.54, 1.807) is 6.92 Å². The van der Waals surface area contributed by atoms with Crippen molar-refractivity contribution in [1.82, 2.24) is 10.1 Å². The Morgan fingerprint density at radius 2 is 2.06 bits per heavy atom. The number of halogens is 3. The van der Waals surface area contributed by atoms with E-state index in [0.717, 1.165) is 0 Å². The number of nitrogens with zero attached hydrogens (tertiary/aromatic N) is 2. The highest BCUT2D eigenvalue weighted by Gasteiger charge is 2.41. The first kappa shape index (κ1) is 12.9. The van der Waals surface area contributed by atoms with Crippen LogP contribution >= 0.6 is 0 Å². The molecule has 1 aromatic heterocycles. The van der Waals surface area contributed by atoms with Gasteiger partial charge >= 0.3 is 12.1 Å². The average molecular weight is 239 g/mol. The third kappa shape index (κ3) is 2.50. The van der Waals surface area contributed by atoms with Crippen molar-refractivity contribution in [3.05, 3.63) is 11.7 Å². The molecule has 1 unspecified atom stereocenters. The lowest BCUT2D eigenvalue weighted by Gasteiger charge is -2.22. The van der Waals surface area contributed by atoms with Crippen LogP contribution < -0.4 is 5.73 Å². The van der Waals surface area contributed by atoms with Gasteiger partial charge < -0.3 is 15.0 Å². The van der Waals surface area contributed by atoms with Crippen LogP contribution in [0.25, 0.3) is 0 Å². The standard InChI is InChI=1S/C8H12F3N3O2/c1-3-7(12,4-15-2)5-13-6(16-14-5)8(9,10)11/h3-4,12H2,1-2H3. The van der Waals surface area contributed by atoms with E-state index in [1.165, 1.54) is 7.11 Å². The average Bonchev–Trinajstić information content (AvgIpc) is 2.66. The smallest absolute Gasteiger partial charge is 0.382 e. The summed E-state index contributed by atoms with van der Waals surface area (Å²) >= 11 is 0. The van der Waals surface area contributed by atoms with Crippen LogP contribution in [0.3, 0.4) is 0 Å². The first-order valence-electron chi connectivity index (χ1n) is 4.52. The summed E-state index contributed by atoms with van der Waals surface area (Å²) in [6.45, 7) is 1.71. The Labute approximate surface area is 89.8 Å². The van der Waals surface area contributed by atoms with Gasteiger partial charge in [-0.2, -0.15) is 18.2 Å². The van der Waals surface area contributed by atoms with Gasteiger partial charge in [-0.05, 0) is 6.42 Å². The fourth-order valence-electron chi connectivity index (χ4n) is 1.12. The molecule has 0 saturated heterocycles. The van der Waals surface area contributed by atoms with Gasteiger partial charge in [0.25, 0.3) is 0 Å². The van der Waals surface area contributed by atoms with Crippen LogP contribution in [0.5, 0.6) is 0 Å². The molecular formula is C8H12F3N3O2. The molecule has 0 spiro atoms. The minimum absolute atomic E-state index is 0.0142. The molecule has 0 saturated carbocycles. The van der Waals surface area contributed by atoms with E-state index in [9.17, 15) is 13.2 Å². The van der Waals surface area contributed by atoms with Gasteiger partial charge in [0.1, 0.15) is 5.54 Å². The van der Waals surface area contributed by atoms with Crippen molar-refractivity contribution in [3.8, 4) is 0 Å². The molecule has 92 valence electrons. The molecule has 16 heavy (non-hydrogen) atoms. The van der Waals surface area contributed by atoms with Crippen molar-refractivity contribution in [2.24, 2.45) is 5.73 Å². The number of alkyl halides is 3. The molecule has 8 heteroatoms.